The van der Waals surface area contributed by atoms with Gasteiger partial charge in [0.2, 0.25) is 11.8 Å². The van der Waals surface area contributed by atoms with Crippen molar-refractivity contribution in [3.8, 4) is 0 Å². The van der Waals surface area contributed by atoms with Gasteiger partial charge >= 0.3 is 0 Å². The van der Waals surface area contributed by atoms with E-state index in [4.69, 9.17) is 0 Å². The molecule has 0 bridgehead atoms. The van der Waals surface area contributed by atoms with Crippen molar-refractivity contribution in [1.29, 1.82) is 0 Å². The molecule has 0 aromatic carbocycles. The molecule has 1 heterocycles. The lowest BCUT2D eigenvalue weighted by atomic mass is 9.94. The molecule has 1 amide bonds. The lowest BCUT2D eigenvalue weighted by molar-refractivity contribution is -0.130. The minimum absolute atomic E-state index is 0.116. The van der Waals surface area contributed by atoms with Gasteiger partial charge in [-0.25, -0.2) is 0 Å². The van der Waals surface area contributed by atoms with Crippen molar-refractivity contribution in [1.82, 2.24) is 4.90 Å². The summed E-state index contributed by atoms with van der Waals surface area (Å²) in [5.74, 6) is -0.666. The molecule has 3 nitrogen and oxygen atoms in total. The van der Waals surface area contributed by atoms with Gasteiger partial charge in [-0.2, -0.15) is 0 Å². The molecule has 0 spiro atoms. The predicted octanol–water partition coefficient (Wildman–Crippen LogP) is 2.18. The van der Waals surface area contributed by atoms with E-state index in [1.165, 1.54) is 18.0 Å². The van der Waals surface area contributed by atoms with Crippen molar-refractivity contribution in [2.75, 3.05) is 7.05 Å². The summed E-state index contributed by atoms with van der Waals surface area (Å²) < 4.78 is 0. The lowest BCUT2D eigenvalue weighted by Gasteiger charge is -2.13. The van der Waals surface area contributed by atoms with Crippen LogP contribution in [0.25, 0.3) is 0 Å². The molecule has 0 aromatic rings. The van der Waals surface area contributed by atoms with Crippen LogP contribution >= 0.6 is 0 Å². The first-order chi connectivity index (χ1) is 7.70. The summed E-state index contributed by atoms with van der Waals surface area (Å²) >= 11 is 0. The van der Waals surface area contributed by atoms with Crippen LogP contribution in [0.4, 0.5) is 0 Å². The fourth-order valence-electron chi connectivity index (χ4n) is 1.92. The molecule has 16 heavy (non-hydrogen) atoms. The van der Waals surface area contributed by atoms with E-state index >= 15 is 0 Å². The van der Waals surface area contributed by atoms with E-state index < -0.39 is 0 Å². The van der Waals surface area contributed by atoms with Crippen molar-refractivity contribution < 1.29 is 9.90 Å². The van der Waals surface area contributed by atoms with Gasteiger partial charge in [-0.1, -0.05) is 36.0 Å². The zero-order chi connectivity index (χ0) is 11.5. The molecule has 0 N–H and O–H groups in total. The Morgan fingerprint density at radius 1 is 1.31 bits per heavy atom. The Balaban J connectivity index is 2.23. The van der Waals surface area contributed by atoms with Crippen LogP contribution in [-0.2, 0) is 9.90 Å². The molecule has 1 atom stereocenters. The van der Waals surface area contributed by atoms with E-state index in [1.807, 2.05) is 24.3 Å². The molecule has 0 fully saturated rings. The van der Waals surface area contributed by atoms with Crippen molar-refractivity contribution in [3.63, 3.8) is 0 Å². The number of nitrogens with zero attached hydrogens (tertiary/aromatic N) is 1. The maximum absolute atomic E-state index is 11.8. The molecule has 1 aliphatic carbocycles. The lowest BCUT2D eigenvalue weighted by Crippen LogP contribution is -2.25. The standard InChI is InChI=1S/C13H14NO2/c1-14-12(15)9-11(13(14)16)10-7-5-3-2-4-6-8-10/h2-5,7,9,11H,6,8H2,1H3/b4-2-,5-3-,10-7+/t11-/m0/s1. The summed E-state index contributed by atoms with van der Waals surface area (Å²) in [7, 11) is 1.53. The van der Waals surface area contributed by atoms with E-state index in [9.17, 15) is 9.90 Å². The second-order valence-corrected chi connectivity index (χ2v) is 3.97. The Morgan fingerprint density at radius 2 is 2.12 bits per heavy atom. The largest absolute Gasteiger partial charge is 0.282 e. The quantitative estimate of drug-likeness (QED) is 0.662. The Bertz CT molecular complexity index is 416. The second-order valence-electron chi connectivity index (χ2n) is 3.97. The third-order valence-corrected chi connectivity index (χ3v) is 2.90. The van der Waals surface area contributed by atoms with E-state index in [0.29, 0.717) is 0 Å². The topological polar surface area (TPSA) is 40.2 Å². The number of hydrogen-bond acceptors (Lipinski definition) is 1. The number of allylic oxidation sites excluding steroid dienone is 5. The fraction of sp³-hybridized carbons (Fsp3) is 0.308. The Kier molecular flexibility index (Phi) is 2.95. The molecule has 2 rings (SSSR count). The zero-order valence-electron chi connectivity index (χ0n) is 9.22. The highest BCUT2D eigenvalue weighted by Crippen LogP contribution is 2.28. The monoisotopic (exact) mass is 216 g/mol. The number of carbonyl (C=O) groups excluding carboxylic acids is 1. The molecule has 1 aliphatic heterocycles. The van der Waals surface area contributed by atoms with Crippen molar-refractivity contribution in [2.45, 2.75) is 12.8 Å². The first kappa shape index (κ1) is 10.7. The van der Waals surface area contributed by atoms with Gasteiger partial charge in [0.1, 0.15) is 0 Å². The molecule has 0 unspecified atom stereocenters. The number of carbonyl (C=O) groups is 1. The molecule has 0 saturated heterocycles. The summed E-state index contributed by atoms with van der Waals surface area (Å²) in [5, 5.41) is 11.4. The van der Waals surface area contributed by atoms with Crippen LogP contribution < -0.4 is 0 Å². The molecule has 83 valence electrons. The van der Waals surface area contributed by atoms with Gasteiger partial charge < -0.3 is 0 Å². The van der Waals surface area contributed by atoms with Crippen LogP contribution in [0.2, 0.25) is 0 Å². The van der Waals surface area contributed by atoms with E-state index in [-0.39, 0.29) is 17.7 Å². The first-order valence-corrected chi connectivity index (χ1v) is 5.39. The SMILES string of the molecule is CN1C(=O)[C@H](/C2=C/C=C\C=C/CC2)C=C1[O]. The average molecular weight is 216 g/mol. The van der Waals surface area contributed by atoms with Gasteiger partial charge in [-0.3, -0.25) is 14.8 Å². The van der Waals surface area contributed by atoms with Crippen LogP contribution in [0.5, 0.6) is 0 Å². The minimum Gasteiger partial charge on any atom is -0.282 e. The number of rotatable bonds is 1. The van der Waals surface area contributed by atoms with Gasteiger partial charge in [0.05, 0.1) is 5.92 Å². The third kappa shape index (κ3) is 1.94. The molecule has 3 heteroatoms. The number of amides is 1. The summed E-state index contributed by atoms with van der Waals surface area (Å²) in [6, 6.07) is 0. The van der Waals surface area contributed by atoms with Gasteiger partial charge in [-0.15, -0.1) is 0 Å². The Hall–Kier alpha value is -1.77. The van der Waals surface area contributed by atoms with Gasteiger partial charge in [-0.05, 0) is 18.9 Å². The maximum atomic E-state index is 11.8. The first-order valence-electron chi connectivity index (χ1n) is 5.39. The van der Waals surface area contributed by atoms with Crippen LogP contribution in [0.3, 0.4) is 0 Å². The van der Waals surface area contributed by atoms with E-state index in [0.717, 1.165) is 18.4 Å². The molecule has 0 aromatic heterocycles. The molecular weight excluding hydrogens is 202 g/mol. The zero-order valence-corrected chi connectivity index (χ0v) is 9.22. The highest BCUT2D eigenvalue weighted by Gasteiger charge is 2.33. The van der Waals surface area contributed by atoms with Crippen LogP contribution in [0.15, 0.2) is 47.9 Å². The summed E-state index contributed by atoms with van der Waals surface area (Å²) in [6.07, 6.45) is 13.1. The van der Waals surface area contributed by atoms with Crippen LogP contribution in [0.1, 0.15) is 12.8 Å². The molecular formula is C13H14NO2. The van der Waals surface area contributed by atoms with Crippen molar-refractivity contribution >= 4 is 5.91 Å². The average Bonchev–Trinajstić information content (AvgIpc) is 2.46. The molecule has 2 aliphatic rings. The summed E-state index contributed by atoms with van der Waals surface area (Å²) in [4.78, 5) is 13.0. The molecule has 1 radical (unpaired) electrons. The highest BCUT2D eigenvalue weighted by molar-refractivity contribution is 5.87. The smallest absolute Gasteiger partial charge is 0.250 e. The number of hydrogen-bond donors (Lipinski definition) is 0. The van der Waals surface area contributed by atoms with Gasteiger partial charge in [0.25, 0.3) is 0 Å². The highest BCUT2D eigenvalue weighted by atomic mass is 16.3. The Labute approximate surface area is 95.1 Å². The normalized spacial score (nSPS) is 32.4. The second kappa shape index (κ2) is 4.39. The van der Waals surface area contributed by atoms with E-state index in [2.05, 4.69) is 6.08 Å². The predicted molar refractivity (Wildman–Crippen MR) is 60.6 cm³/mol. The molecule has 0 saturated carbocycles. The van der Waals surface area contributed by atoms with Crippen LogP contribution in [0, 0.1) is 5.92 Å². The summed E-state index contributed by atoms with van der Waals surface area (Å²) in [6.45, 7) is 0. The van der Waals surface area contributed by atoms with Gasteiger partial charge in [0, 0.05) is 7.05 Å². The van der Waals surface area contributed by atoms with Gasteiger partial charge in [0.15, 0.2) is 0 Å². The Morgan fingerprint density at radius 3 is 2.81 bits per heavy atom. The van der Waals surface area contributed by atoms with Crippen molar-refractivity contribution in [3.05, 3.63) is 47.9 Å². The van der Waals surface area contributed by atoms with Crippen molar-refractivity contribution in [2.24, 2.45) is 5.92 Å². The van der Waals surface area contributed by atoms with Crippen LogP contribution in [-0.4, -0.2) is 17.9 Å². The maximum Gasteiger partial charge on any atom is 0.250 e. The third-order valence-electron chi connectivity index (χ3n) is 2.90. The van der Waals surface area contributed by atoms with E-state index in [1.54, 1.807) is 0 Å². The minimum atomic E-state index is -0.353. The summed E-state index contributed by atoms with van der Waals surface area (Å²) in [5.41, 5.74) is 1.02. The fourth-order valence-corrected chi connectivity index (χ4v) is 1.92.